The Morgan fingerprint density at radius 2 is 2.04 bits per heavy atom. The monoisotopic (exact) mass is 342 g/mol. The SMILES string of the molecule is CC(C)n1ncc2cc(C(=O)N3CCC(N4CCNCC4)C3)cnc21. The van der Waals surface area contributed by atoms with E-state index in [1.165, 1.54) is 0 Å². The number of carbonyl (C=O) groups excluding carboxylic acids is 1. The number of fused-ring (bicyclic) bond motifs is 1. The van der Waals surface area contributed by atoms with Gasteiger partial charge in [-0.15, -0.1) is 0 Å². The normalized spacial score (nSPS) is 22.2. The molecule has 1 unspecified atom stereocenters. The fourth-order valence-electron chi connectivity index (χ4n) is 3.89. The molecule has 1 amide bonds. The van der Waals surface area contributed by atoms with Crippen LogP contribution in [-0.2, 0) is 0 Å². The molecule has 2 aromatic rings. The summed E-state index contributed by atoms with van der Waals surface area (Å²) in [5, 5.41) is 8.70. The van der Waals surface area contributed by atoms with Crippen molar-refractivity contribution >= 4 is 16.9 Å². The number of hydrogen-bond acceptors (Lipinski definition) is 5. The highest BCUT2D eigenvalue weighted by molar-refractivity contribution is 5.97. The zero-order chi connectivity index (χ0) is 17.4. The summed E-state index contributed by atoms with van der Waals surface area (Å²) in [4.78, 5) is 21.9. The Morgan fingerprint density at radius 1 is 1.24 bits per heavy atom. The molecule has 0 aromatic carbocycles. The third-order valence-corrected chi connectivity index (χ3v) is 5.29. The first-order valence-corrected chi connectivity index (χ1v) is 9.21. The third-order valence-electron chi connectivity index (χ3n) is 5.29. The Bertz CT molecular complexity index is 764. The average molecular weight is 342 g/mol. The number of hydrogen-bond donors (Lipinski definition) is 1. The minimum Gasteiger partial charge on any atom is -0.337 e. The molecule has 0 bridgehead atoms. The van der Waals surface area contributed by atoms with E-state index in [1.807, 2.05) is 15.6 Å². The van der Waals surface area contributed by atoms with Gasteiger partial charge < -0.3 is 10.2 Å². The average Bonchev–Trinajstić information content (AvgIpc) is 3.28. The van der Waals surface area contributed by atoms with Gasteiger partial charge in [-0.25, -0.2) is 9.67 Å². The topological polar surface area (TPSA) is 66.3 Å². The lowest BCUT2D eigenvalue weighted by atomic mass is 10.2. The number of pyridine rings is 1. The largest absolute Gasteiger partial charge is 0.337 e. The lowest BCUT2D eigenvalue weighted by molar-refractivity contribution is 0.0773. The van der Waals surface area contributed by atoms with E-state index in [0.29, 0.717) is 11.6 Å². The molecule has 2 aliphatic rings. The third kappa shape index (κ3) is 3.14. The predicted molar refractivity (Wildman–Crippen MR) is 96.7 cm³/mol. The second-order valence-electron chi connectivity index (χ2n) is 7.30. The number of nitrogens with zero attached hydrogens (tertiary/aromatic N) is 5. The minimum atomic E-state index is 0.0873. The van der Waals surface area contributed by atoms with Gasteiger partial charge >= 0.3 is 0 Å². The number of carbonyl (C=O) groups is 1. The molecule has 2 fully saturated rings. The van der Waals surface area contributed by atoms with Crippen LogP contribution in [0.3, 0.4) is 0 Å². The van der Waals surface area contributed by atoms with E-state index in [1.54, 1.807) is 12.4 Å². The Morgan fingerprint density at radius 3 is 2.80 bits per heavy atom. The molecule has 1 atom stereocenters. The van der Waals surface area contributed by atoms with Crippen LogP contribution in [0.1, 0.15) is 36.7 Å². The van der Waals surface area contributed by atoms with E-state index in [4.69, 9.17) is 0 Å². The van der Waals surface area contributed by atoms with Crippen molar-refractivity contribution in [3.8, 4) is 0 Å². The lowest BCUT2D eigenvalue weighted by Gasteiger charge is -2.32. The van der Waals surface area contributed by atoms with Crippen molar-refractivity contribution in [1.29, 1.82) is 0 Å². The summed E-state index contributed by atoms with van der Waals surface area (Å²) in [6.45, 7) is 10.1. The van der Waals surface area contributed by atoms with Crippen LogP contribution in [0, 0.1) is 0 Å². The first kappa shape index (κ1) is 16.5. The molecule has 134 valence electrons. The van der Waals surface area contributed by atoms with Gasteiger partial charge in [-0.1, -0.05) is 0 Å². The first-order valence-electron chi connectivity index (χ1n) is 9.21. The molecule has 2 saturated heterocycles. The van der Waals surface area contributed by atoms with Crippen molar-refractivity contribution in [2.24, 2.45) is 0 Å². The van der Waals surface area contributed by atoms with E-state index in [9.17, 15) is 4.79 Å². The number of piperazine rings is 1. The molecule has 0 saturated carbocycles. The summed E-state index contributed by atoms with van der Waals surface area (Å²) in [6.07, 6.45) is 4.56. The van der Waals surface area contributed by atoms with Gasteiger partial charge in [0.2, 0.25) is 0 Å². The predicted octanol–water partition coefficient (Wildman–Crippen LogP) is 1.13. The maximum Gasteiger partial charge on any atom is 0.255 e. The number of aromatic nitrogens is 3. The minimum absolute atomic E-state index is 0.0873. The zero-order valence-corrected chi connectivity index (χ0v) is 15.0. The molecule has 0 aliphatic carbocycles. The summed E-state index contributed by atoms with van der Waals surface area (Å²) >= 11 is 0. The lowest BCUT2D eigenvalue weighted by Crippen LogP contribution is -2.49. The fourth-order valence-corrected chi connectivity index (χ4v) is 3.89. The molecular weight excluding hydrogens is 316 g/mol. The number of likely N-dealkylation sites (tertiary alicyclic amines) is 1. The van der Waals surface area contributed by atoms with Gasteiger partial charge in [0.25, 0.3) is 5.91 Å². The zero-order valence-electron chi connectivity index (χ0n) is 15.0. The van der Waals surface area contributed by atoms with Crippen molar-refractivity contribution < 1.29 is 4.79 Å². The van der Waals surface area contributed by atoms with Crippen molar-refractivity contribution in [1.82, 2.24) is 29.9 Å². The van der Waals surface area contributed by atoms with Crippen LogP contribution in [-0.4, -0.2) is 75.8 Å². The summed E-state index contributed by atoms with van der Waals surface area (Å²) < 4.78 is 1.89. The second kappa shape index (κ2) is 6.72. The van der Waals surface area contributed by atoms with Crippen molar-refractivity contribution in [3.05, 3.63) is 24.0 Å². The molecule has 7 nitrogen and oxygen atoms in total. The van der Waals surface area contributed by atoms with Gasteiger partial charge in [0.15, 0.2) is 5.65 Å². The van der Waals surface area contributed by atoms with Crippen LogP contribution in [0.4, 0.5) is 0 Å². The van der Waals surface area contributed by atoms with Crippen LogP contribution in [0.5, 0.6) is 0 Å². The van der Waals surface area contributed by atoms with Gasteiger partial charge in [0.05, 0.1) is 11.8 Å². The van der Waals surface area contributed by atoms with E-state index >= 15 is 0 Å². The molecule has 0 spiro atoms. The van der Waals surface area contributed by atoms with Gasteiger partial charge in [-0.05, 0) is 26.3 Å². The molecule has 2 aromatic heterocycles. The van der Waals surface area contributed by atoms with Crippen molar-refractivity contribution in [3.63, 3.8) is 0 Å². The summed E-state index contributed by atoms with van der Waals surface area (Å²) in [7, 11) is 0. The number of amides is 1. The van der Waals surface area contributed by atoms with E-state index in [-0.39, 0.29) is 11.9 Å². The smallest absolute Gasteiger partial charge is 0.255 e. The molecule has 4 rings (SSSR count). The van der Waals surface area contributed by atoms with Crippen LogP contribution in [0.2, 0.25) is 0 Å². The standard InChI is InChI=1S/C18H26N6O/c1-13(2)24-17-14(11-21-24)9-15(10-20-17)18(25)23-6-3-16(12-23)22-7-4-19-5-8-22/h9-11,13,16,19H,3-8,12H2,1-2H3. The Labute approximate surface area is 148 Å². The molecule has 2 aliphatic heterocycles. The van der Waals surface area contributed by atoms with Crippen molar-refractivity contribution in [2.75, 3.05) is 39.3 Å². The Hall–Kier alpha value is -1.99. The molecule has 1 N–H and O–H groups in total. The highest BCUT2D eigenvalue weighted by Gasteiger charge is 2.31. The van der Waals surface area contributed by atoms with Gasteiger partial charge in [0, 0.05) is 62.9 Å². The quantitative estimate of drug-likeness (QED) is 0.906. The molecule has 4 heterocycles. The number of rotatable bonds is 3. The van der Waals surface area contributed by atoms with Crippen LogP contribution in [0.15, 0.2) is 18.5 Å². The maximum atomic E-state index is 12.9. The molecular formula is C18H26N6O. The Kier molecular flexibility index (Phi) is 4.43. The van der Waals surface area contributed by atoms with E-state index in [0.717, 1.165) is 56.7 Å². The van der Waals surface area contributed by atoms with E-state index < -0.39 is 0 Å². The number of nitrogens with one attached hydrogen (secondary N) is 1. The van der Waals surface area contributed by atoms with Gasteiger partial charge in [-0.2, -0.15) is 5.10 Å². The maximum absolute atomic E-state index is 12.9. The van der Waals surface area contributed by atoms with Crippen LogP contribution < -0.4 is 5.32 Å². The molecule has 7 heteroatoms. The first-order chi connectivity index (χ1) is 12.1. The Balaban J connectivity index is 1.48. The summed E-state index contributed by atoms with van der Waals surface area (Å²) in [5.74, 6) is 0.0873. The molecule has 25 heavy (non-hydrogen) atoms. The van der Waals surface area contributed by atoms with Gasteiger partial charge in [-0.3, -0.25) is 9.69 Å². The summed E-state index contributed by atoms with van der Waals surface area (Å²) in [5.41, 5.74) is 1.50. The molecule has 0 radical (unpaired) electrons. The second-order valence-corrected chi connectivity index (χ2v) is 7.30. The van der Waals surface area contributed by atoms with Crippen molar-refractivity contribution in [2.45, 2.75) is 32.4 Å². The fraction of sp³-hybridized carbons (Fsp3) is 0.611. The van der Waals surface area contributed by atoms with Gasteiger partial charge in [0.1, 0.15) is 0 Å². The van der Waals surface area contributed by atoms with Crippen LogP contribution in [0.25, 0.3) is 11.0 Å². The van der Waals surface area contributed by atoms with Crippen LogP contribution >= 0.6 is 0 Å². The summed E-state index contributed by atoms with van der Waals surface area (Å²) in [6, 6.07) is 2.67. The van der Waals surface area contributed by atoms with E-state index in [2.05, 4.69) is 34.1 Å². The highest BCUT2D eigenvalue weighted by Crippen LogP contribution is 2.21. The highest BCUT2D eigenvalue weighted by atomic mass is 16.2.